The molecule has 2 aromatic carbocycles. The molecule has 1 heterocycles. The summed E-state index contributed by atoms with van der Waals surface area (Å²) < 4.78 is 37.7. The van der Waals surface area contributed by atoms with Crippen molar-refractivity contribution in [2.24, 2.45) is 0 Å². The van der Waals surface area contributed by atoms with E-state index in [1.165, 1.54) is 4.31 Å². The van der Waals surface area contributed by atoms with Gasteiger partial charge in [0.2, 0.25) is 15.9 Å². The Morgan fingerprint density at radius 2 is 1.74 bits per heavy atom. The number of fused-ring (bicyclic) bond motifs is 1. The number of carbonyl (C=O) groups excluding carboxylic acids is 1. The lowest BCUT2D eigenvalue weighted by atomic mass is 10.1. The molecule has 0 spiro atoms. The smallest absolute Gasteiger partial charge is 0.244 e. The van der Waals surface area contributed by atoms with Crippen LogP contribution in [0, 0.1) is 13.8 Å². The summed E-state index contributed by atoms with van der Waals surface area (Å²) in [6.45, 7) is 8.53. The summed E-state index contributed by atoms with van der Waals surface area (Å²) in [6, 6.07) is 9.75. The maximum atomic E-state index is 13.2. The number of amides is 1. The molecule has 0 bridgehead atoms. The molecule has 168 valence electrons. The Balaban J connectivity index is 1.85. The third-order valence-corrected chi connectivity index (χ3v) is 6.68. The van der Waals surface area contributed by atoms with Gasteiger partial charge in [-0.3, -0.25) is 9.10 Å². The Kier molecular flexibility index (Phi) is 6.79. The SMILES string of the molecule is CC[C@H](C(=O)N[C@H](C)c1ccc2c(c1)OCCO2)N(c1ccc(C)c(C)c1)S(C)(=O)=O. The first kappa shape index (κ1) is 22.9. The number of ether oxygens (including phenoxy) is 2. The number of hydrogen-bond acceptors (Lipinski definition) is 5. The van der Waals surface area contributed by atoms with E-state index >= 15 is 0 Å². The molecule has 1 aliphatic heterocycles. The molecule has 7 nitrogen and oxygen atoms in total. The van der Waals surface area contributed by atoms with Crippen LogP contribution in [0.15, 0.2) is 36.4 Å². The first-order chi connectivity index (χ1) is 14.6. The van der Waals surface area contributed by atoms with Gasteiger partial charge in [-0.1, -0.05) is 19.1 Å². The number of carbonyl (C=O) groups is 1. The fraction of sp³-hybridized carbons (Fsp3) is 0.435. The van der Waals surface area contributed by atoms with Crippen molar-refractivity contribution in [3.8, 4) is 11.5 Å². The van der Waals surface area contributed by atoms with Gasteiger partial charge in [0.25, 0.3) is 0 Å². The zero-order chi connectivity index (χ0) is 22.8. The van der Waals surface area contributed by atoms with Crippen molar-refractivity contribution in [3.05, 3.63) is 53.1 Å². The molecule has 2 aromatic rings. The van der Waals surface area contributed by atoms with Gasteiger partial charge in [0.15, 0.2) is 11.5 Å². The summed E-state index contributed by atoms with van der Waals surface area (Å²) in [7, 11) is -3.68. The van der Waals surface area contributed by atoms with Gasteiger partial charge >= 0.3 is 0 Å². The summed E-state index contributed by atoms with van der Waals surface area (Å²) in [6.07, 6.45) is 1.46. The minimum absolute atomic E-state index is 0.333. The number of anilines is 1. The molecule has 0 fully saturated rings. The summed E-state index contributed by atoms with van der Waals surface area (Å²) in [4.78, 5) is 13.2. The van der Waals surface area contributed by atoms with E-state index in [2.05, 4.69) is 5.32 Å². The van der Waals surface area contributed by atoms with Crippen molar-refractivity contribution >= 4 is 21.6 Å². The average molecular weight is 447 g/mol. The van der Waals surface area contributed by atoms with E-state index in [0.29, 0.717) is 36.8 Å². The largest absolute Gasteiger partial charge is 0.486 e. The van der Waals surface area contributed by atoms with Gasteiger partial charge in [0, 0.05) is 0 Å². The molecule has 0 aliphatic carbocycles. The van der Waals surface area contributed by atoms with Crippen LogP contribution in [0.4, 0.5) is 5.69 Å². The second-order valence-corrected chi connectivity index (χ2v) is 9.74. The normalized spacial score (nSPS) is 15.1. The minimum atomic E-state index is -3.68. The fourth-order valence-electron chi connectivity index (χ4n) is 3.65. The molecule has 8 heteroatoms. The Hall–Kier alpha value is -2.74. The highest BCUT2D eigenvalue weighted by Gasteiger charge is 2.32. The maximum absolute atomic E-state index is 13.2. The van der Waals surface area contributed by atoms with Crippen LogP contribution < -0.4 is 19.1 Å². The highest BCUT2D eigenvalue weighted by molar-refractivity contribution is 7.92. The van der Waals surface area contributed by atoms with Crippen molar-refractivity contribution in [2.75, 3.05) is 23.8 Å². The van der Waals surface area contributed by atoms with E-state index in [1.54, 1.807) is 19.1 Å². The number of rotatable bonds is 7. The molecular weight excluding hydrogens is 416 g/mol. The van der Waals surface area contributed by atoms with Gasteiger partial charge in [-0.25, -0.2) is 8.42 Å². The van der Waals surface area contributed by atoms with Gasteiger partial charge in [0.1, 0.15) is 19.3 Å². The number of nitrogens with zero attached hydrogens (tertiary/aromatic N) is 1. The van der Waals surface area contributed by atoms with Crippen molar-refractivity contribution in [1.29, 1.82) is 0 Å². The van der Waals surface area contributed by atoms with E-state index in [4.69, 9.17) is 9.47 Å². The van der Waals surface area contributed by atoms with E-state index in [-0.39, 0.29) is 11.9 Å². The molecule has 1 N–H and O–H groups in total. The van der Waals surface area contributed by atoms with Crippen LogP contribution in [0.25, 0.3) is 0 Å². The molecule has 0 radical (unpaired) electrons. The zero-order valence-corrected chi connectivity index (χ0v) is 19.5. The maximum Gasteiger partial charge on any atom is 0.244 e. The highest BCUT2D eigenvalue weighted by Crippen LogP contribution is 2.33. The minimum Gasteiger partial charge on any atom is -0.486 e. The van der Waals surface area contributed by atoms with Gasteiger partial charge < -0.3 is 14.8 Å². The highest BCUT2D eigenvalue weighted by atomic mass is 32.2. The lowest BCUT2D eigenvalue weighted by Crippen LogP contribution is -2.49. The van der Waals surface area contributed by atoms with Crippen molar-refractivity contribution in [3.63, 3.8) is 0 Å². The number of benzene rings is 2. The molecule has 1 aliphatic rings. The van der Waals surface area contributed by atoms with Crippen LogP contribution in [0.1, 0.15) is 43.0 Å². The number of sulfonamides is 1. The van der Waals surface area contributed by atoms with Crippen LogP contribution >= 0.6 is 0 Å². The molecule has 0 saturated heterocycles. The number of hydrogen-bond donors (Lipinski definition) is 1. The quantitative estimate of drug-likeness (QED) is 0.704. The van der Waals surface area contributed by atoms with Crippen LogP contribution in [-0.4, -0.2) is 39.8 Å². The van der Waals surface area contributed by atoms with Crippen LogP contribution in [0.3, 0.4) is 0 Å². The standard InChI is InChI=1S/C23H30N2O5S/c1-6-20(25(31(5,27)28)19-9-7-15(2)16(3)13-19)23(26)24-17(4)18-8-10-21-22(14-18)30-12-11-29-21/h7-10,13-14,17,20H,6,11-12H2,1-5H3,(H,24,26)/t17-,20-/m1/s1. The van der Waals surface area contributed by atoms with Gasteiger partial charge in [-0.05, 0) is 68.1 Å². The van der Waals surface area contributed by atoms with Gasteiger partial charge in [0.05, 0.1) is 18.0 Å². The van der Waals surface area contributed by atoms with E-state index in [1.807, 2.05) is 45.0 Å². The van der Waals surface area contributed by atoms with Crippen molar-refractivity contribution < 1.29 is 22.7 Å². The molecule has 31 heavy (non-hydrogen) atoms. The van der Waals surface area contributed by atoms with E-state index < -0.39 is 16.1 Å². The summed E-state index contributed by atoms with van der Waals surface area (Å²) in [5.41, 5.74) is 3.36. The predicted octanol–water partition coefficient (Wildman–Crippen LogP) is 3.50. The molecule has 0 aromatic heterocycles. The Morgan fingerprint density at radius 1 is 1.06 bits per heavy atom. The fourth-order valence-corrected chi connectivity index (χ4v) is 4.85. The molecule has 1 amide bonds. The van der Waals surface area contributed by atoms with E-state index in [9.17, 15) is 13.2 Å². The van der Waals surface area contributed by atoms with E-state index in [0.717, 1.165) is 22.9 Å². The van der Waals surface area contributed by atoms with Crippen LogP contribution in [-0.2, 0) is 14.8 Å². The third kappa shape index (κ3) is 5.12. The lowest BCUT2D eigenvalue weighted by Gasteiger charge is -2.31. The van der Waals surface area contributed by atoms with Crippen molar-refractivity contribution in [1.82, 2.24) is 5.32 Å². The third-order valence-electron chi connectivity index (χ3n) is 5.50. The molecule has 0 unspecified atom stereocenters. The first-order valence-electron chi connectivity index (χ1n) is 10.4. The predicted molar refractivity (Wildman–Crippen MR) is 121 cm³/mol. The molecular formula is C23H30N2O5S. The van der Waals surface area contributed by atoms with Gasteiger partial charge in [-0.2, -0.15) is 0 Å². The summed E-state index contributed by atoms with van der Waals surface area (Å²) >= 11 is 0. The Bertz CT molecular complexity index is 1070. The average Bonchev–Trinajstić information content (AvgIpc) is 2.72. The molecule has 0 saturated carbocycles. The van der Waals surface area contributed by atoms with Gasteiger partial charge in [-0.15, -0.1) is 0 Å². The lowest BCUT2D eigenvalue weighted by molar-refractivity contribution is -0.122. The van der Waals surface area contributed by atoms with Crippen molar-refractivity contribution in [2.45, 2.75) is 46.2 Å². The Labute approximate surface area is 184 Å². The monoisotopic (exact) mass is 446 g/mol. The van der Waals surface area contributed by atoms with Crippen LogP contribution in [0.5, 0.6) is 11.5 Å². The number of nitrogens with one attached hydrogen (secondary N) is 1. The number of aryl methyl sites for hydroxylation is 2. The van der Waals surface area contributed by atoms with Crippen LogP contribution in [0.2, 0.25) is 0 Å². The second-order valence-electron chi connectivity index (χ2n) is 7.88. The molecule has 2 atom stereocenters. The Morgan fingerprint density at radius 3 is 2.35 bits per heavy atom. The summed E-state index contributed by atoms with van der Waals surface area (Å²) in [5.74, 6) is 0.969. The second kappa shape index (κ2) is 9.18. The first-order valence-corrected chi connectivity index (χ1v) is 12.2. The summed E-state index contributed by atoms with van der Waals surface area (Å²) in [5, 5.41) is 2.96. The topological polar surface area (TPSA) is 84.9 Å². The zero-order valence-electron chi connectivity index (χ0n) is 18.6. The molecule has 3 rings (SSSR count).